The summed E-state index contributed by atoms with van der Waals surface area (Å²) in [4.78, 5) is 22.9. The van der Waals surface area contributed by atoms with Gasteiger partial charge in [0.15, 0.2) is 5.76 Å². The van der Waals surface area contributed by atoms with E-state index in [1.165, 1.54) is 0 Å². The number of rotatable bonds is 6. The van der Waals surface area contributed by atoms with E-state index in [2.05, 4.69) is 5.32 Å². The van der Waals surface area contributed by atoms with Crippen LogP contribution in [0.25, 0.3) is 0 Å². The Morgan fingerprint density at radius 2 is 2.00 bits per heavy atom. The molecule has 1 heterocycles. The number of para-hydroxylation sites is 1. The van der Waals surface area contributed by atoms with Crippen LogP contribution >= 0.6 is 11.8 Å². The van der Waals surface area contributed by atoms with Crippen molar-refractivity contribution < 1.29 is 19.1 Å². The van der Waals surface area contributed by atoms with Crippen molar-refractivity contribution in [2.75, 3.05) is 11.6 Å². The SMILES string of the molecule is CSCc1ccc(C(=O)Nc2ccccc2CC(=O)O)o1. The second-order valence-electron chi connectivity index (χ2n) is 4.38. The highest BCUT2D eigenvalue weighted by atomic mass is 32.2. The van der Waals surface area contributed by atoms with E-state index in [0.29, 0.717) is 17.0 Å². The van der Waals surface area contributed by atoms with E-state index in [-0.39, 0.29) is 18.1 Å². The third-order valence-electron chi connectivity index (χ3n) is 2.78. The molecular formula is C15H15NO4S. The van der Waals surface area contributed by atoms with Crippen molar-refractivity contribution >= 4 is 29.3 Å². The molecular weight excluding hydrogens is 290 g/mol. The minimum Gasteiger partial charge on any atom is -0.481 e. The number of aliphatic carboxylic acids is 1. The molecule has 2 N–H and O–H groups in total. The summed E-state index contributed by atoms with van der Waals surface area (Å²) in [5.41, 5.74) is 1.03. The Labute approximate surface area is 126 Å². The Morgan fingerprint density at radius 3 is 2.71 bits per heavy atom. The van der Waals surface area contributed by atoms with Crippen LogP contribution in [0.1, 0.15) is 21.9 Å². The molecule has 0 spiro atoms. The summed E-state index contributed by atoms with van der Waals surface area (Å²) in [6.07, 6.45) is 1.80. The fraction of sp³-hybridized carbons (Fsp3) is 0.200. The normalized spacial score (nSPS) is 10.3. The average molecular weight is 305 g/mol. The van der Waals surface area contributed by atoms with Crippen LogP contribution in [0.2, 0.25) is 0 Å². The van der Waals surface area contributed by atoms with Gasteiger partial charge < -0.3 is 14.8 Å². The number of anilines is 1. The number of carboxylic acids is 1. The van der Waals surface area contributed by atoms with E-state index in [9.17, 15) is 9.59 Å². The first-order chi connectivity index (χ1) is 10.1. The molecule has 6 heteroatoms. The molecule has 0 atom stereocenters. The smallest absolute Gasteiger partial charge is 0.307 e. The molecule has 5 nitrogen and oxygen atoms in total. The van der Waals surface area contributed by atoms with Crippen molar-refractivity contribution in [1.29, 1.82) is 0 Å². The topological polar surface area (TPSA) is 79.5 Å². The number of carbonyl (C=O) groups is 2. The molecule has 0 saturated heterocycles. The maximum Gasteiger partial charge on any atom is 0.307 e. The van der Waals surface area contributed by atoms with Gasteiger partial charge in [-0.1, -0.05) is 18.2 Å². The quantitative estimate of drug-likeness (QED) is 0.857. The summed E-state index contributed by atoms with van der Waals surface area (Å²) in [6, 6.07) is 10.2. The van der Waals surface area contributed by atoms with Crippen molar-refractivity contribution in [2.45, 2.75) is 12.2 Å². The van der Waals surface area contributed by atoms with Crippen molar-refractivity contribution in [1.82, 2.24) is 0 Å². The fourth-order valence-corrected chi connectivity index (χ4v) is 2.30. The van der Waals surface area contributed by atoms with Crippen LogP contribution in [0.15, 0.2) is 40.8 Å². The van der Waals surface area contributed by atoms with Crippen LogP contribution in [0.5, 0.6) is 0 Å². The summed E-state index contributed by atoms with van der Waals surface area (Å²) in [5, 5.41) is 11.6. The molecule has 0 radical (unpaired) electrons. The second kappa shape index (κ2) is 6.99. The van der Waals surface area contributed by atoms with Gasteiger partial charge >= 0.3 is 5.97 Å². The fourth-order valence-electron chi connectivity index (χ4n) is 1.86. The number of hydrogen-bond acceptors (Lipinski definition) is 4. The lowest BCUT2D eigenvalue weighted by Gasteiger charge is -2.08. The van der Waals surface area contributed by atoms with Crippen LogP contribution < -0.4 is 5.32 Å². The first-order valence-electron chi connectivity index (χ1n) is 6.29. The second-order valence-corrected chi connectivity index (χ2v) is 5.25. The number of furan rings is 1. The molecule has 110 valence electrons. The molecule has 0 aliphatic rings. The van der Waals surface area contributed by atoms with E-state index in [1.807, 2.05) is 6.26 Å². The minimum atomic E-state index is -0.947. The van der Waals surface area contributed by atoms with Crippen LogP contribution in [0.3, 0.4) is 0 Å². The van der Waals surface area contributed by atoms with Gasteiger partial charge in [-0.25, -0.2) is 0 Å². The van der Waals surface area contributed by atoms with Gasteiger partial charge in [0.05, 0.1) is 12.2 Å². The maximum absolute atomic E-state index is 12.1. The largest absolute Gasteiger partial charge is 0.481 e. The number of benzene rings is 1. The molecule has 21 heavy (non-hydrogen) atoms. The van der Waals surface area contributed by atoms with Gasteiger partial charge in [-0.15, -0.1) is 0 Å². The molecule has 0 unspecified atom stereocenters. The Morgan fingerprint density at radius 1 is 1.24 bits per heavy atom. The molecule has 1 aromatic carbocycles. The van der Waals surface area contributed by atoms with Gasteiger partial charge in [-0.2, -0.15) is 11.8 Å². The molecule has 0 fully saturated rings. The van der Waals surface area contributed by atoms with Crippen LogP contribution in [-0.2, 0) is 17.0 Å². The standard InChI is InChI=1S/C15H15NO4S/c1-21-9-11-6-7-13(20-11)15(19)16-12-5-3-2-4-10(12)8-14(17)18/h2-7H,8-9H2,1H3,(H,16,19)(H,17,18). The van der Waals surface area contributed by atoms with E-state index < -0.39 is 5.97 Å². The van der Waals surface area contributed by atoms with Gasteiger partial charge in [0.2, 0.25) is 0 Å². The molecule has 0 aliphatic heterocycles. The van der Waals surface area contributed by atoms with E-state index in [0.717, 1.165) is 5.76 Å². The highest BCUT2D eigenvalue weighted by molar-refractivity contribution is 7.97. The van der Waals surface area contributed by atoms with Crippen molar-refractivity contribution in [3.63, 3.8) is 0 Å². The zero-order valence-corrected chi connectivity index (χ0v) is 12.3. The van der Waals surface area contributed by atoms with Crippen LogP contribution in [-0.4, -0.2) is 23.2 Å². The van der Waals surface area contributed by atoms with E-state index in [4.69, 9.17) is 9.52 Å². The monoisotopic (exact) mass is 305 g/mol. The highest BCUT2D eigenvalue weighted by Crippen LogP contribution is 2.19. The van der Waals surface area contributed by atoms with Crippen molar-refractivity contribution in [2.24, 2.45) is 0 Å². The Balaban J connectivity index is 2.13. The summed E-state index contributed by atoms with van der Waals surface area (Å²) in [6.45, 7) is 0. The van der Waals surface area contributed by atoms with Gasteiger partial charge in [0.25, 0.3) is 5.91 Å². The number of carbonyl (C=O) groups excluding carboxylic acids is 1. The zero-order valence-electron chi connectivity index (χ0n) is 11.5. The summed E-state index contributed by atoms with van der Waals surface area (Å²) >= 11 is 1.60. The predicted molar refractivity (Wildman–Crippen MR) is 81.7 cm³/mol. The third-order valence-corrected chi connectivity index (χ3v) is 3.35. The number of carboxylic acid groups (broad SMARTS) is 1. The zero-order chi connectivity index (χ0) is 15.2. The molecule has 0 saturated carbocycles. The molecule has 1 amide bonds. The summed E-state index contributed by atoms with van der Waals surface area (Å²) in [7, 11) is 0. The van der Waals surface area contributed by atoms with Crippen LogP contribution in [0, 0.1) is 0 Å². The number of hydrogen-bond donors (Lipinski definition) is 2. The Kier molecular flexibility index (Phi) is 5.05. The summed E-state index contributed by atoms with van der Waals surface area (Å²) < 4.78 is 5.43. The van der Waals surface area contributed by atoms with Gasteiger partial charge in [-0.05, 0) is 30.0 Å². The lowest BCUT2D eigenvalue weighted by Crippen LogP contribution is -2.13. The molecule has 2 aromatic rings. The van der Waals surface area contributed by atoms with Gasteiger partial charge in [-0.3, -0.25) is 9.59 Å². The van der Waals surface area contributed by atoms with Crippen molar-refractivity contribution in [3.8, 4) is 0 Å². The summed E-state index contributed by atoms with van der Waals surface area (Å²) in [5.74, 6) is 0.302. The number of amides is 1. The molecule has 2 rings (SSSR count). The minimum absolute atomic E-state index is 0.146. The Hall–Kier alpha value is -2.21. The van der Waals surface area contributed by atoms with E-state index in [1.54, 1.807) is 48.2 Å². The van der Waals surface area contributed by atoms with Gasteiger partial charge in [0.1, 0.15) is 5.76 Å². The van der Waals surface area contributed by atoms with E-state index >= 15 is 0 Å². The molecule has 0 aliphatic carbocycles. The maximum atomic E-state index is 12.1. The predicted octanol–water partition coefficient (Wildman–Crippen LogP) is 3.02. The van der Waals surface area contributed by atoms with Crippen molar-refractivity contribution in [3.05, 3.63) is 53.5 Å². The lowest BCUT2D eigenvalue weighted by atomic mass is 10.1. The molecule has 0 bridgehead atoms. The third kappa shape index (κ3) is 4.13. The Bertz CT molecular complexity index is 651. The first-order valence-corrected chi connectivity index (χ1v) is 7.68. The first kappa shape index (κ1) is 15.2. The average Bonchev–Trinajstić information content (AvgIpc) is 2.89. The number of thioether (sulfide) groups is 1. The van der Waals surface area contributed by atoms with Crippen LogP contribution in [0.4, 0.5) is 5.69 Å². The van der Waals surface area contributed by atoms with Gasteiger partial charge in [0, 0.05) is 5.69 Å². The highest BCUT2D eigenvalue weighted by Gasteiger charge is 2.14. The number of nitrogens with one attached hydrogen (secondary N) is 1. The lowest BCUT2D eigenvalue weighted by molar-refractivity contribution is -0.136. The molecule has 1 aromatic heterocycles.